The van der Waals surface area contributed by atoms with E-state index < -0.39 is 23.1 Å². The van der Waals surface area contributed by atoms with Crippen molar-refractivity contribution in [2.24, 2.45) is 0 Å². The third-order valence-electron chi connectivity index (χ3n) is 5.32. The number of rotatable bonds is 7. The van der Waals surface area contributed by atoms with Crippen LogP contribution in [-0.4, -0.2) is 32.8 Å². The summed E-state index contributed by atoms with van der Waals surface area (Å²) in [5, 5.41) is 5.80. The molecule has 1 aliphatic heterocycles. The van der Waals surface area contributed by atoms with Gasteiger partial charge in [-0.2, -0.15) is 0 Å². The first kappa shape index (κ1) is 22.2. The first-order valence-electron chi connectivity index (χ1n) is 10.0. The molecule has 1 amide bonds. The van der Waals surface area contributed by atoms with Crippen molar-refractivity contribution in [1.82, 2.24) is 5.32 Å². The van der Waals surface area contributed by atoms with Gasteiger partial charge in [-0.15, -0.1) is 0 Å². The van der Waals surface area contributed by atoms with Gasteiger partial charge in [0.15, 0.2) is 0 Å². The number of fused-ring (bicyclic) bond motifs is 1. The van der Waals surface area contributed by atoms with Gasteiger partial charge in [-0.1, -0.05) is 19.9 Å². The lowest BCUT2D eigenvalue weighted by molar-refractivity contribution is -0.118. The average Bonchev–Trinajstić information content (AvgIpc) is 2.70. The maximum absolute atomic E-state index is 14.8. The third-order valence-corrected chi connectivity index (χ3v) is 5.32. The van der Waals surface area contributed by atoms with E-state index in [2.05, 4.69) is 10.6 Å². The molecular weight excluding hydrogens is 390 g/mol. The number of amides is 1. The number of anilines is 1. The number of carbonyl (C=O) groups is 1. The molecule has 7 heteroatoms. The summed E-state index contributed by atoms with van der Waals surface area (Å²) in [6.07, 6.45) is 0.767. The molecule has 2 N–H and O–H groups in total. The summed E-state index contributed by atoms with van der Waals surface area (Å²) < 4.78 is 40.2. The van der Waals surface area contributed by atoms with E-state index in [9.17, 15) is 13.6 Å². The molecule has 0 radical (unpaired) electrons. The topological polar surface area (TPSA) is 59.6 Å². The van der Waals surface area contributed by atoms with Crippen molar-refractivity contribution in [3.63, 3.8) is 0 Å². The van der Waals surface area contributed by atoms with Crippen LogP contribution in [0, 0.1) is 11.6 Å². The van der Waals surface area contributed by atoms with Crippen molar-refractivity contribution in [1.29, 1.82) is 0 Å². The van der Waals surface area contributed by atoms with Gasteiger partial charge in [0.1, 0.15) is 23.4 Å². The van der Waals surface area contributed by atoms with E-state index in [1.807, 2.05) is 19.1 Å². The van der Waals surface area contributed by atoms with Gasteiger partial charge >= 0.3 is 0 Å². The van der Waals surface area contributed by atoms with Gasteiger partial charge in [0.2, 0.25) is 5.91 Å². The number of nitrogens with one attached hydrogen (secondary N) is 2. The molecular formula is C23H28F2N2O3. The lowest BCUT2D eigenvalue weighted by Crippen LogP contribution is -2.38. The van der Waals surface area contributed by atoms with E-state index in [0.29, 0.717) is 13.2 Å². The highest BCUT2D eigenvalue weighted by atomic mass is 19.1. The predicted molar refractivity (Wildman–Crippen MR) is 112 cm³/mol. The number of benzene rings is 2. The van der Waals surface area contributed by atoms with E-state index in [1.54, 1.807) is 27.0 Å². The molecule has 30 heavy (non-hydrogen) atoms. The predicted octanol–water partition coefficient (Wildman–Crippen LogP) is 4.11. The lowest BCUT2D eigenvalue weighted by Gasteiger charge is -2.27. The number of hydrogen-bond acceptors (Lipinski definition) is 4. The SMILES string of the molecule is CCOCC(C)(C)c1c(F)cc(NC(=O)C2NCCc3cc(OC)ccc32)cc1F. The van der Waals surface area contributed by atoms with Gasteiger partial charge in [0, 0.05) is 29.8 Å². The van der Waals surface area contributed by atoms with Crippen LogP contribution in [-0.2, 0) is 21.4 Å². The summed E-state index contributed by atoms with van der Waals surface area (Å²) in [4.78, 5) is 12.9. The standard InChI is InChI=1S/C23H28F2N2O3/c1-5-30-13-23(2,3)20-18(24)11-15(12-19(20)25)27-22(28)21-17-7-6-16(29-4)10-14(17)8-9-26-21/h6-7,10-12,21,26H,5,8-9,13H2,1-4H3,(H,27,28). The first-order chi connectivity index (χ1) is 14.3. The second kappa shape index (κ2) is 9.10. The zero-order valence-corrected chi connectivity index (χ0v) is 17.8. The Labute approximate surface area is 175 Å². The van der Waals surface area contributed by atoms with Crippen molar-refractivity contribution in [3.05, 3.63) is 58.7 Å². The van der Waals surface area contributed by atoms with Crippen LogP contribution in [0.3, 0.4) is 0 Å². The zero-order chi connectivity index (χ0) is 21.9. The minimum Gasteiger partial charge on any atom is -0.497 e. The number of carbonyl (C=O) groups excluding carboxylic acids is 1. The molecule has 1 heterocycles. The van der Waals surface area contributed by atoms with E-state index >= 15 is 0 Å². The van der Waals surface area contributed by atoms with Crippen LogP contribution in [0.25, 0.3) is 0 Å². The van der Waals surface area contributed by atoms with Crippen molar-refractivity contribution in [2.75, 3.05) is 32.2 Å². The van der Waals surface area contributed by atoms with Gasteiger partial charge in [-0.3, -0.25) is 4.79 Å². The highest BCUT2D eigenvalue weighted by molar-refractivity contribution is 5.96. The summed E-state index contributed by atoms with van der Waals surface area (Å²) in [7, 11) is 1.59. The van der Waals surface area contributed by atoms with Crippen molar-refractivity contribution in [3.8, 4) is 5.75 Å². The Balaban J connectivity index is 1.82. The molecule has 162 valence electrons. The highest BCUT2D eigenvalue weighted by Gasteiger charge is 2.30. The maximum atomic E-state index is 14.8. The molecule has 1 aliphatic rings. The monoisotopic (exact) mass is 418 g/mol. The molecule has 5 nitrogen and oxygen atoms in total. The Morgan fingerprint density at radius 3 is 2.57 bits per heavy atom. The van der Waals surface area contributed by atoms with Crippen LogP contribution in [0.2, 0.25) is 0 Å². The molecule has 0 spiro atoms. The molecule has 0 aromatic heterocycles. The smallest absolute Gasteiger partial charge is 0.246 e. The molecule has 1 unspecified atom stereocenters. The van der Waals surface area contributed by atoms with Crippen LogP contribution in [0.5, 0.6) is 5.75 Å². The minimum atomic E-state index is -0.838. The molecule has 0 aliphatic carbocycles. The summed E-state index contributed by atoms with van der Waals surface area (Å²) in [6, 6.07) is 7.24. The Bertz CT molecular complexity index is 908. The molecule has 0 saturated heterocycles. The number of methoxy groups -OCH3 is 1. The molecule has 3 rings (SSSR count). The van der Waals surface area contributed by atoms with Crippen LogP contribution >= 0.6 is 0 Å². The normalized spacial score (nSPS) is 16.1. The van der Waals surface area contributed by atoms with E-state index in [1.165, 1.54) is 0 Å². The fraction of sp³-hybridized carbons (Fsp3) is 0.435. The average molecular weight is 418 g/mol. The van der Waals surface area contributed by atoms with E-state index in [4.69, 9.17) is 9.47 Å². The minimum absolute atomic E-state index is 0.0535. The van der Waals surface area contributed by atoms with E-state index in [0.717, 1.165) is 35.4 Å². The van der Waals surface area contributed by atoms with Crippen LogP contribution in [0.4, 0.5) is 14.5 Å². The maximum Gasteiger partial charge on any atom is 0.246 e. The van der Waals surface area contributed by atoms with Gasteiger partial charge in [0.05, 0.1) is 13.7 Å². The van der Waals surface area contributed by atoms with E-state index in [-0.39, 0.29) is 23.8 Å². The fourth-order valence-corrected chi connectivity index (χ4v) is 3.84. The second-order valence-corrected chi connectivity index (χ2v) is 8.03. The third kappa shape index (κ3) is 4.63. The largest absolute Gasteiger partial charge is 0.497 e. The number of hydrogen-bond donors (Lipinski definition) is 2. The molecule has 2 aromatic rings. The Hall–Kier alpha value is -2.51. The first-order valence-corrected chi connectivity index (χ1v) is 10.0. The lowest BCUT2D eigenvalue weighted by atomic mass is 9.84. The van der Waals surface area contributed by atoms with Crippen LogP contribution in [0.15, 0.2) is 30.3 Å². The van der Waals surface area contributed by atoms with Crippen molar-refractivity contribution in [2.45, 2.75) is 38.6 Å². The Morgan fingerprint density at radius 1 is 1.23 bits per heavy atom. The van der Waals surface area contributed by atoms with Crippen molar-refractivity contribution < 1.29 is 23.0 Å². The zero-order valence-electron chi connectivity index (χ0n) is 17.8. The number of ether oxygens (including phenoxy) is 2. The summed E-state index contributed by atoms with van der Waals surface area (Å²) >= 11 is 0. The molecule has 0 bridgehead atoms. The van der Waals surface area contributed by atoms with Crippen LogP contribution in [0.1, 0.15) is 43.5 Å². The quantitative estimate of drug-likeness (QED) is 0.710. The number of halogens is 2. The van der Waals surface area contributed by atoms with Gasteiger partial charge in [0.25, 0.3) is 0 Å². The van der Waals surface area contributed by atoms with Crippen molar-refractivity contribution >= 4 is 11.6 Å². The summed E-state index contributed by atoms with van der Waals surface area (Å²) in [6.45, 7) is 6.54. The highest BCUT2D eigenvalue weighted by Crippen LogP contribution is 2.32. The van der Waals surface area contributed by atoms with Crippen LogP contribution < -0.4 is 15.4 Å². The summed E-state index contributed by atoms with van der Waals surface area (Å²) in [5.41, 5.74) is 1.03. The fourth-order valence-electron chi connectivity index (χ4n) is 3.84. The van der Waals surface area contributed by atoms with Gasteiger partial charge in [-0.25, -0.2) is 8.78 Å². The summed E-state index contributed by atoms with van der Waals surface area (Å²) in [5.74, 6) is -1.07. The molecule has 0 fully saturated rings. The molecule has 0 saturated carbocycles. The second-order valence-electron chi connectivity index (χ2n) is 8.03. The molecule has 1 atom stereocenters. The van der Waals surface area contributed by atoms with Gasteiger partial charge in [-0.05, 0) is 48.7 Å². The Morgan fingerprint density at radius 2 is 1.93 bits per heavy atom. The Kier molecular flexibility index (Phi) is 6.73. The molecule has 2 aromatic carbocycles. The van der Waals surface area contributed by atoms with Gasteiger partial charge < -0.3 is 20.1 Å².